The molecule has 0 aliphatic rings. The molecule has 1 N–H and O–H groups in total. The summed E-state index contributed by atoms with van der Waals surface area (Å²) in [7, 11) is 0. The van der Waals surface area contributed by atoms with Crippen molar-refractivity contribution in [3.63, 3.8) is 0 Å². The number of aryl methyl sites for hydroxylation is 1. The van der Waals surface area contributed by atoms with Gasteiger partial charge in [0.1, 0.15) is 11.5 Å². The van der Waals surface area contributed by atoms with Crippen molar-refractivity contribution in [3.05, 3.63) is 59.7 Å². The van der Waals surface area contributed by atoms with Crippen molar-refractivity contribution >= 4 is 5.91 Å². The van der Waals surface area contributed by atoms with Crippen LogP contribution in [-0.2, 0) is 16.6 Å². The Morgan fingerprint density at radius 3 is 2.37 bits per heavy atom. The zero-order valence-corrected chi connectivity index (χ0v) is 16.9. The number of rotatable bonds is 9. The topological polar surface area (TPSA) is 47.6 Å². The van der Waals surface area contributed by atoms with Gasteiger partial charge in [-0.2, -0.15) is 0 Å². The highest BCUT2D eigenvalue weighted by Gasteiger charge is 2.18. The number of hydrogen-bond donors (Lipinski definition) is 1. The summed E-state index contributed by atoms with van der Waals surface area (Å²) in [6.45, 7) is 9.73. The number of ether oxygens (including phenoxy) is 2. The van der Waals surface area contributed by atoms with Gasteiger partial charge >= 0.3 is 0 Å². The summed E-state index contributed by atoms with van der Waals surface area (Å²) in [4.78, 5) is 12.1. The Labute approximate surface area is 162 Å². The van der Waals surface area contributed by atoms with Crippen LogP contribution in [0.25, 0.3) is 0 Å². The van der Waals surface area contributed by atoms with Crippen LogP contribution in [0.2, 0.25) is 0 Å². The van der Waals surface area contributed by atoms with E-state index in [9.17, 15) is 4.79 Å². The molecule has 0 aromatic heterocycles. The zero-order chi connectivity index (χ0) is 19.7. The maximum Gasteiger partial charge on any atom is 0.257 e. The van der Waals surface area contributed by atoms with E-state index in [4.69, 9.17) is 9.47 Å². The minimum absolute atomic E-state index is 0.0230. The third-order valence-corrected chi connectivity index (χ3v) is 4.25. The molecule has 0 atom stereocenters. The third-order valence-electron chi connectivity index (χ3n) is 4.25. The van der Waals surface area contributed by atoms with Gasteiger partial charge in [-0.25, -0.2) is 0 Å². The van der Waals surface area contributed by atoms with E-state index in [1.807, 2.05) is 43.3 Å². The molecule has 0 saturated heterocycles. The Hall–Kier alpha value is -2.49. The lowest BCUT2D eigenvalue weighted by Gasteiger charge is -2.22. The van der Waals surface area contributed by atoms with Gasteiger partial charge < -0.3 is 14.8 Å². The summed E-state index contributed by atoms with van der Waals surface area (Å²) in [5, 5.41) is 2.92. The fourth-order valence-corrected chi connectivity index (χ4v) is 2.85. The van der Waals surface area contributed by atoms with E-state index in [1.54, 1.807) is 0 Å². The number of amides is 1. The molecule has 0 bridgehead atoms. The first kappa shape index (κ1) is 20.8. The van der Waals surface area contributed by atoms with Crippen LogP contribution in [0.15, 0.2) is 48.5 Å². The second-order valence-corrected chi connectivity index (χ2v) is 7.57. The maximum absolute atomic E-state index is 12.1. The van der Waals surface area contributed by atoms with Gasteiger partial charge in [-0.3, -0.25) is 4.79 Å². The van der Waals surface area contributed by atoms with E-state index in [0.29, 0.717) is 13.2 Å². The molecule has 2 aromatic rings. The fourth-order valence-electron chi connectivity index (χ4n) is 2.85. The predicted octanol–water partition coefficient (Wildman–Crippen LogP) is 4.51. The minimum Gasteiger partial charge on any atom is -0.494 e. The van der Waals surface area contributed by atoms with Gasteiger partial charge in [-0.15, -0.1) is 0 Å². The lowest BCUT2D eigenvalue weighted by Crippen LogP contribution is -2.30. The summed E-state index contributed by atoms with van der Waals surface area (Å²) in [5.74, 6) is 1.57. The molecule has 1 amide bonds. The smallest absolute Gasteiger partial charge is 0.257 e. The van der Waals surface area contributed by atoms with Gasteiger partial charge in [0.15, 0.2) is 6.61 Å². The van der Waals surface area contributed by atoms with E-state index in [2.05, 4.69) is 38.2 Å². The lowest BCUT2D eigenvalue weighted by atomic mass is 9.86. The summed E-state index contributed by atoms with van der Waals surface area (Å²) in [5.41, 5.74) is 2.32. The standard InChI is InChI=1S/C23H31NO3/c1-5-26-19-14-12-18(13-15-19)9-8-16-24-22(25)17-27-21-11-7-6-10-20(21)23(2,3)4/h6-7,10-15H,5,8-9,16-17H2,1-4H3,(H,24,25). The molecule has 0 aliphatic heterocycles. The van der Waals surface area contributed by atoms with Gasteiger partial charge in [0, 0.05) is 6.54 Å². The molecule has 0 unspecified atom stereocenters. The van der Waals surface area contributed by atoms with Crippen molar-refractivity contribution < 1.29 is 14.3 Å². The molecule has 2 rings (SSSR count). The Morgan fingerprint density at radius 2 is 1.70 bits per heavy atom. The van der Waals surface area contributed by atoms with Crippen molar-refractivity contribution in [2.75, 3.05) is 19.8 Å². The first-order valence-electron chi connectivity index (χ1n) is 9.61. The highest BCUT2D eigenvalue weighted by atomic mass is 16.5. The van der Waals surface area contributed by atoms with Crippen molar-refractivity contribution in [1.82, 2.24) is 5.32 Å². The number of benzene rings is 2. The van der Waals surface area contributed by atoms with Crippen LogP contribution in [0.4, 0.5) is 0 Å². The Morgan fingerprint density at radius 1 is 1.00 bits per heavy atom. The molecule has 0 saturated carbocycles. The van der Waals surface area contributed by atoms with Gasteiger partial charge in [-0.1, -0.05) is 51.1 Å². The molecule has 4 heteroatoms. The molecule has 146 valence electrons. The molecular formula is C23H31NO3. The lowest BCUT2D eigenvalue weighted by molar-refractivity contribution is -0.123. The van der Waals surface area contributed by atoms with Crippen LogP contribution >= 0.6 is 0 Å². The quantitative estimate of drug-likeness (QED) is 0.662. The molecule has 4 nitrogen and oxygen atoms in total. The second-order valence-electron chi connectivity index (χ2n) is 7.57. The average Bonchev–Trinajstić information content (AvgIpc) is 2.64. The Bertz CT molecular complexity index is 717. The van der Waals surface area contributed by atoms with Crippen molar-refractivity contribution in [2.45, 2.75) is 46.0 Å². The zero-order valence-electron chi connectivity index (χ0n) is 16.9. The fraction of sp³-hybridized carbons (Fsp3) is 0.435. The van der Waals surface area contributed by atoms with E-state index in [0.717, 1.165) is 29.9 Å². The summed E-state index contributed by atoms with van der Waals surface area (Å²) in [6, 6.07) is 16.0. The summed E-state index contributed by atoms with van der Waals surface area (Å²) in [6.07, 6.45) is 1.80. The first-order chi connectivity index (χ1) is 12.9. The largest absolute Gasteiger partial charge is 0.494 e. The molecule has 0 spiro atoms. The number of para-hydroxylation sites is 1. The monoisotopic (exact) mass is 369 g/mol. The summed E-state index contributed by atoms with van der Waals surface area (Å²) >= 11 is 0. The highest BCUT2D eigenvalue weighted by molar-refractivity contribution is 5.77. The van der Waals surface area contributed by atoms with E-state index < -0.39 is 0 Å². The van der Waals surface area contributed by atoms with Gasteiger partial charge in [0.2, 0.25) is 0 Å². The van der Waals surface area contributed by atoms with Crippen LogP contribution in [0.5, 0.6) is 11.5 Å². The second kappa shape index (κ2) is 10.0. The number of carbonyl (C=O) groups excluding carboxylic acids is 1. The molecule has 0 heterocycles. The molecule has 27 heavy (non-hydrogen) atoms. The molecule has 2 aromatic carbocycles. The van der Waals surface area contributed by atoms with E-state index >= 15 is 0 Å². The predicted molar refractivity (Wildman–Crippen MR) is 110 cm³/mol. The molecule has 0 fully saturated rings. The third kappa shape index (κ3) is 6.97. The normalized spacial score (nSPS) is 11.1. The molecule has 0 radical (unpaired) electrons. The number of hydrogen-bond acceptors (Lipinski definition) is 3. The van der Waals surface area contributed by atoms with Crippen molar-refractivity contribution in [2.24, 2.45) is 0 Å². The van der Waals surface area contributed by atoms with Crippen LogP contribution in [0.3, 0.4) is 0 Å². The first-order valence-corrected chi connectivity index (χ1v) is 9.61. The minimum atomic E-state index is -0.0922. The van der Waals surface area contributed by atoms with Crippen molar-refractivity contribution in [1.29, 1.82) is 0 Å². The van der Waals surface area contributed by atoms with Crippen LogP contribution < -0.4 is 14.8 Å². The molecular weight excluding hydrogens is 338 g/mol. The van der Waals surface area contributed by atoms with Gasteiger partial charge in [0.25, 0.3) is 5.91 Å². The van der Waals surface area contributed by atoms with Crippen LogP contribution in [0.1, 0.15) is 45.2 Å². The SMILES string of the molecule is CCOc1ccc(CCCNC(=O)COc2ccccc2C(C)(C)C)cc1. The van der Waals surface area contributed by atoms with Crippen LogP contribution in [0, 0.1) is 0 Å². The Balaban J connectivity index is 1.71. The number of nitrogens with one attached hydrogen (secondary N) is 1. The average molecular weight is 370 g/mol. The van der Waals surface area contributed by atoms with Gasteiger partial charge in [0.05, 0.1) is 6.61 Å². The summed E-state index contributed by atoms with van der Waals surface area (Å²) < 4.78 is 11.2. The Kier molecular flexibility index (Phi) is 7.71. The van der Waals surface area contributed by atoms with Crippen LogP contribution in [-0.4, -0.2) is 25.7 Å². The van der Waals surface area contributed by atoms with Crippen molar-refractivity contribution in [3.8, 4) is 11.5 Å². The number of carbonyl (C=O) groups is 1. The molecule has 0 aliphatic carbocycles. The van der Waals surface area contributed by atoms with E-state index in [1.165, 1.54) is 5.56 Å². The maximum atomic E-state index is 12.1. The van der Waals surface area contributed by atoms with Gasteiger partial charge in [-0.05, 0) is 54.5 Å². The highest BCUT2D eigenvalue weighted by Crippen LogP contribution is 2.30. The van der Waals surface area contributed by atoms with E-state index in [-0.39, 0.29) is 17.9 Å².